The highest BCUT2D eigenvalue weighted by Gasteiger charge is 2.37. The molecular formula is C37H49N3O6. The van der Waals surface area contributed by atoms with Crippen molar-refractivity contribution in [3.05, 3.63) is 89.0 Å². The Morgan fingerprint density at radius 1 is 0.913 bits per heavy atom. The average molecular weight is 632 g/mol. The molecule has 0 bridgehead atoms. The Labute approximate surface area is 273 Å². The second kappa shape index (κ2) is 16.7. The van der Waals surface area contributed by atoms with Gasteiger partial charge in [0.25, 0.3) is 5.91 Å². The number of nitrogens with zero attached hydrogens (tertiary/aromatic N) is 1. The second-order valence-electron chi connectivity index (χ2n) is 12.6. The van der Waals surface area contributed by atoms with Crippen LogP contribution in [0, 0.1) is 13.8 Å². The minimum absolute atomic E-state index is 0.0920. The SMILES string of the molecule is CCCCCCN(C(=O)C(Cc1ccc(O)cc1)NC(=O)OC(C)(C)C)C(C(=O)Nc1ccc(OC)cc1)c1ccc(C)cc1C. The summed E-state index contributed by atoms with van der Waals surface area (Å²) < 4.78 is 10.8. The van der Waals surface area contributed by atoms with Crippen LogP contribution in [0.25, 0.3) is 0 Å². The number of phenolic OH excluding ortho intramolecular Hbond substituents is 1. The number of nitrogens with one attached hydrogen (secondary N) is 2. The van der Waals surface area contributed by atoms with Gasteiger partial charge in [-0.3, -0.25) is 9.59 Å². The normalized spacial score (nSPS) is 12.5. The van der Waals surface area contributed by atoms with Crippen LogP contribution >= 0.6 is 0 Å². The van der Waals surface area contributed by atoms with Gasteiger partial charge in [-0.05, 0) is 94.1 Å². The van der Waals surface area contributed by atoms with E-state index in [2.05, 4.69) is 17.6 Å². The number of ether oxygens (including phenoxy) is 2. The van der Waals surface area contributed by atoms with Gasteiger partial charge in [-0.15, -0.1) is 0 Å². The van der Waals surface area contributed by atoms with Crippen molar-refractivity contribution >= 4 is 23.6 Å². The predicted octanol–water partition coefficient (Wildman–Crippen LogP) is 7.24. The lowest BCUT2D eigenvalue weighted by atomic mass is 9.95. The fourth-order valence-corrected chi connectivity index (χ4v) is 5.26. The summed E-state index contributed by atoms with van der Waals surface area (Å²) in [5.74, 6) is -0.0387. The van der Waals surface area contributed by atoms with Crippen molar-refractivity contribution in [2.24, 2.45) is 0 Å². The summed E-state index contributed by atoms with van der Waals surface area (Å²) in [6, 6.07) is 17.3. The number of alkyl carbamates (subject to hydrolysis) is 1. The molecule has 3 N–H and O–H groups in total. The van der Waals surface area contributed by atoms with E-state index in [1.807, 2.05) is 32.0 Å². The number of carbonyl (C=O) groups is 3. The molecule has 0 aliphatic carbocycles. The first kappa shape index (κ1) is 35.9. The Balaban J connectivity index is 2.10. The van der Waals surface area contributed by atoms with Gasteiger partial charge in [0, 0.05) is 18.7 Å². The molecule has 2 atom stereocenters. The van der Waals surface area contributed by atoms with E-state index in [1.165, 1.54) is 12.1 Å². The zero-order valence-electron chi connectivity index (χ0n) is 28.2. The van der Waals surface area contributed by atoms with E-state index in [9.17, 15) is 19.5 Å². The lowest BCUT2D eigenvalue weighted by molar-refractivity contribution is -0.140. The minimum atomic E-state index is -1.05. The standard InChI is InChI=1S/C37H49N3O6/c1-8-9-10-11-22-40(35(43)32(39-36(44)46-37(4,5)6)24-27-13-17-29(41)18-14-27)33(31-21-12-25(2)23-26(31)3)34(42)38-28-15-19-30(45-7)20-16-28/h12-21,23,32-33,41H,8-11,22,24H2,1-7H3,(H,38,42)(H,39,44). The number of hydrogen-bond donors (Lipinski definition) is 3. The monoisotopic (exact) mass is 631 g/mol. The Morgan fingerprint density at radius 3 is 2.17 bits per heavy atom. The number of phenols is 1. The number of anilines is 1. The lowest BCUT2D eigenvalue weighted by Crippen LogP contribution is -2.53. The summed E-state index contributed by atoms with van der Waals surface area (Å²) in [4.78, 5) is 43.7. The molecule has 9 heteroatoms. The molecule has 0 saturated carbocycles. The molecule has 9 nitrogen and oxygen atoms in total. The smallest absolute Gasteiger partial charge is 0.408 e. The van der Waals surface area contributed by atoms with E-state index in [-0.39, 0.29) is 18.1 Å². The summed E-state index contributed by atoms with van der Waals surface area (Å²) in [6.07, 6.45) is 2.94. The maximum Gasteiger partial charge on any atom is 0.408 e. The van der Waals surface area contributed by atoms with Crippen LogP contribution in [0.4, 0.5) is 10.5 Å². The van der Waals surface area contributed by atoms with Gasteiger partial charge >= 0.3 is 6.09 Å². The fraction of sp³-hybridized carbons (Fsp3) is 0.432. The number of hydrogen-bond acceptors (Lipinski definition) is 6. The highest BCUT2D eigenvalue weighted by molar-refractivity contribution is 5.99. The van der Waals surface area contributed by atoms with Crippen molar-refractivity contribution < 1.29 is 29.0 Å². The van der Waals surface area contributed by atoms with E-state index in [1.54, 1.807) is 69.2 Å². The molecule has 46 heavy (non-hydrogen) atoms. The molecule has 0 fully saturated rings. The van der Waals surface area contributed by atoms with Crippen LogP contribution in [-0.4, -0.2) is 53.2 Å². The van der Waals surface area contributed by atoms with E-state index in [4.69, 9.17) is 9.47 Å². The van der Waals surface area contributed by atoms with Crippen LogP contribution in [0.5, 0.6) is 11.5 Å². The van der Waals surface area contributed by atoms with Gasteiger partial charge in [0.05, 0.1) is 7.11 Å². The molecule has 3 aromatic rings. The van der Waals surface area contributed by atoms with E-state index >= 15 is 0 Å². The van der Waals surface area contributed by atoms with Crippen LogP contribution in [0.3, 0.4) is 0 Å². The molecule has 0 radical (unpaired) electrons. The molecule has 2 unspecified atom stereocenters. The van der Waals surface area contributed by atoms with Crippen LogP contribution in [0.15, 0.2) is 66.7 Å². The van der Waals surface area contributed by atoms with Gasteiger partial charge < -0.3 is 30.1 Å². The number of carbonyl (C=O) groups excluding carboxylic acids is 3. The third kappa shape index (κ3) is 10.8. The third-order valence-corrected chi connectivity index (χ3v) is 7.54. The van der Waals surface area contributed by atoms with E-state index in [0.717, 1.165) is 36.0 Å². The van der Waals surface area contributed by atoms with Gasteiger partial charge in [0.1, 0.15) is 29.2 Å². The molecule has 0 aromatic heterocycles. The van der Waals surface area contributed by atoms with Gasteiger partial charge in [-0.25, -0.2) is 4.79 Å². The first-order valence-electron chi connectivity index (χ1n) is 15.9. The van der Waals surface area contributed by atoms with Crippen LogP contribution in [0.1, 0.15) is 81.7 Å². The summed E-state index contributed by atoms with van der Waals surface area (Å²) in [5, 5.41) is 15.6. The van der Waals surface area contributed by atoms with Crippen molar-refractivity contribution in [2.45, 2.75) is 91.3 Å². The van der Waals surface area contributed by atoms with Crippen molar-refractivity contribution in [2.75, 3.05) is 19.0 Å². The molecule has 0 spiro atoms. The summed E-state index contributed by atoms with van der Waals surface area (Å²) in [5.41, 5.74) is 3.11. The summed E-state index contributed by atoms with van der Waals surface area (Å²) in [6.45, 7) is 11.6. The quantitative estimate of drug-likeness (QED) is 0.162. The lowest BCUT2D eigenvalue weighted by Gasteiger charge is -2.35. The number of aryl methyl sites for hydroxylation is 2. The maximum absolute atomic E-state index is 14.7. The molecule has 3 amide bonds. The highest BCUT2D eigenvalue weighted by Crippen LogP contribution is 2.29. The van der Waals surface area contributed by atoms with Crippen molar-refractivity contribution in [3.63, 3.8) is 0 Å². The Morgan fingerprint density at radius 2 is 1.59 bits per heavy atom. The molecule has 0 aliphatic rings. The molecule has 0 saturated heterocycles. The first-order valence-corrected chi connectivity index (χ1v) is 15.9. The Bertz CT molecular complexity index is 1450. The largest absolute Gasteiger partial charge is 0.508 e. The Hall–Kier alpha value is -4.53. The van der Waals surface area contributed by atoms with Gasteiger partial charge in [0.2, 0.25) is 5.91 Å². The molecule has 3 rings (SSSR count). The van der Waals surface area contributed by atoms with Crippen LogP contribution < -0.4 is 15.4 Å². The number of aromatic hydroxyl groups is 1. The van der Waals surface area contributed by atoms with Gasteiger partial charge in [-0.2, -0.15) is 0 Å². The average Bonchev–Trinajstić information content (AvgIpc) is 2.99. The third-order valence-electron chi connectivity index (χ3n) is 7.54. The zero-order chi connectivity index (χ0) is 33.9. The van der Waals surface area contributed by atoms with E-state index < -0.39 is 29.7 Å². The maximum atomic E-state index is 14.7. The second-order valence-corrected chi connectivity index (χ2v) is 12.6. The van der Waals surface area contributed by atoms with Crippen LogP contribution in [-0.2, 0) is 20.7 Å². The first-order chi connectivity index (χ1) is 21.8. The number of methoxy groups -OCH3 is 1. The minimum Gasteiger partial charge on any atom is -0.508 e. The molecule has 0 heterocycles. The Kier molecular flexibility index (Phi) is 13.0. The topological polar surface area (TPSA) is 117 Å². The van der Waals surface area contributed by atoms with Crippen molar-refractivity contribution in [3.8, 4) is 11.5 Å². The number of benzene rings is 3. The molecule has 248 valence electrons. The predicted molar refractivity (Wildman–Crippen MR) is 181 cm³/mol. The highest BCUT2D eigenvalue weighted by atomic mass is 16.6. The fourth-order valence-electron chi connectivity index (χ4n) is 5.26. The molecular weight excluding hydrogens is 582 g/mol. The van der Waals surface area contributed by atoms with Crippen molar-refractivity contribution in [1.82, 2.24) is 10.2 Å². The summed E-state index contributed by atoms with van der Waals surface area (Å²) >= 11 is 0. The number of amides is 3. The van der Waals surface area contributed by atoms with E-state index in [0.29, 0.717) is 30.0 Å². The molecule has 0 aliphatic heterocycles. The zero-order valence-corrected chi connectivity index (χ0v) is 28.2. The summed E-state index contributed by atoms with van der Waals surface area (Å²) in [7, 11) is 1.58. The van der Waals surface area contributed by atoms with Crippen LogP contribution in [0.2, 0.25) is 0 Å². The van der Waals surface area contributed by atoms with Gasteiger partial charge in [0.15, 0.2) is 0 Å². The molecule has 3 aromatic carbocycles. The number of unbranched alkanes of at least 4 members (excludes halogenated alkanes) is 3. The van der Waals surface area contributed by atoms with Crippen molar-refractivity contribution in [1.29, 1.82) is 0 Å². The van der Waals surface area contributed by atoms with Gasteiger partial charge in [-0.1, -0.05) is 62.1 Å². The number of rotatable bonds is 14.